The highest BCUT2D eigenvalue weighted by Crippen LogP contribution is 2.32. The Kier molecular flexibility index (Phi) is 2.72. The zero-order valence-corrected chi connectivity index (χ0v) is 15.7. The number of hydrazine groups is 1. The molecule has 8 bridgehead atoms. The zero-order chi connectivity index (χ0) is 18.2. The summed E-state index contributed by atoms with van der Waals surface area (Å²) in [6, 6.07) is 9.10. The SMILES string of the molecule is C1=CC2=CN3CCc4cc5ccc6cc([nH]c6c5[nH]4)CCN4C=C1N(C4)N2C3. The molecule has 140 valence electrons. The maximum atomic E-state index is 3.68. The highest BCUT2D eigenvalue weighted by Gasteiger charge is 2.33. The minimum atomic E-state index is 0.924. The number of rotatable bonds is 0. The van der Waals surface area contributed by atoms with Gasteiger partial charge < -0.3 is 19.8 Å². The second-order valence-corrected chi connectivity index (χ2v) is 8.23. The molecule has 0 atom stereocenters. The number of hydrogen-bond donors (Lipinski definition) is 2. The Morgan fingerprint density at radius 1 is 0.679 bits per heavy atom. The number of aromatic amines is 2. The zero-order valence-electron chi connectivity index (χ0n) is 15.7. The third-order valence-corrected chi connectivity index (χ3v) is 6.41. The van der Waals surface area contributed by atoms with Crippen LogP contribution in [0.5, 0.6) is 0 Å². The molecule has 6 heteroatoms. The maximum Gasteiger partial charge on any atom is 0.110 e. The Labute approximate surface area is 163 Å². The van der Waals surface area contributed by atoms with Crippen molar-refractivity contribution in [2.45, 2.75) is 12.8 Å². The average molecular weight is 370 g/mol. The van der Waals surface area contributed by atoms with Crippen molar-refractivity contribution in [1.29, 1.82) is 0 Å². The monoisotopic (exact) mass is 370 g/mol. The topological polar surface area (TPSA) is 44.5 Å². The lowest BCUT2D eigenvalue weighted by atomic mass is 10.2. The maximum absolute atomic E-state index is 3.68. The minimum Gasteiger partial charge on any atom is -0.357 e. The number of nitrogens with one attached hydrogen (secondary N) is 2. The van der Waals surface area contributed by atoms with Crippen LogP contribution in [0.3, 0.4) is 0 Å². The van der Waals surface area contributed by atoms with Gasteiger partial charge in [0.1, 0.15) is 13.3 Å². The molecule has 0 spiro atoms. The smallest absolute Gasteiger partial charge is 0.110 e. The third-order valence-electron chi connectivity index (χ3n) is 6.41. The minimum absolute atomic E-state index is 0.924. The molecule has 0 saturated carbocycles. The van der Waals surface area contributed by atoms with Gasteiger partial charge in [0.2, 0.25) is 0 Å². The highest BCUT2D eigenvalue weighted by atomic mass is 15.7. The first kappa shape index (κ1) is 14.7. The number of hydrogen-bond acceptors (Lipinski definition) is 4. The number of H-pyrrole nitrogens is 2. The number of fused-ring (bicyclic) bond motifs is 4. The van der Waals surface area contributed by atoms with E-state index in [0.717, 1.165) is 39.3 Å². The molecule has 0 amide bonds. The van der Waals surface area contributed by atoms with E-state index in [1.54, 1.807) is 0 Å². The van der Waals surface area contributed by atoms with Gasteiger partial charge in [-0.3, -0.25) is 10.0 Å². The summed E-state index contributed by atoms with van der Waals surface area (Å²) in [6.45, 7) is 3.87. The molecule has 1 aromatic carbocycles. The number of aromatic nitrogens is 2. The second kappa shape index (κ2) is 5.16. The fourth-order valence-electron chi connectivity index (χ4n) is 4.94. The predicted octanol–water partition coefficient (Wildman–Crippen LogP) is 3.07. The van der Waals surface area contributed by atoms with Crippen LogP contribution in [0.25, 0.3) is 21.8 Å². The van der Waals surface area contributed by atoms with Crippen LogP contribution >= 0.6 is 0 Å². The Hall–Kier alpha value is -3.28. The van der Waals surface area contributed by atoms with Gasteiger partial charge in [0.25, 0.3) is 0 Å². The Morgan fingerprint density at radius 3 is 1.68 bits per heavy atom. The Bertz CT molecular complexity index is 1120. The first-order valence-corrected chi connectivity index (χ1v) is 10.1. The lowest BCUT2D eigenvalue weighted by Crippen LogP contribution is -2.44. The third kappa shape index (κ3) is 2.03. The molecule has 0 aliphatic carbocycles. The van der Waals surface area contributed by atoms with Crippen molar-refractivity contribution < 1.29 is 0 Å². The summed E-state index contributed by atoms with van der Waals surface area (Å²) in [4.78, 5) is 12.2. The molecule has 2 aromatic heterocycles. The standard InChI is InChI=1S/C22H22N6/c1-2-16-10-18-6-8-26-12-20-4-3-19-11-25(13-27(19)28(20)14-26)7-5-17-9-15(1)21(23-17)22(16)24-18/h1-4,9-12,23-24H,5-8,13-14H2. The summed E-state index contributed by atoms with van der Waals surface area (Å²) >= 11 is 0. The van der Waals surface area contributed by atoms with Crippen molar-refractivity contribution in [2.75, 3.05) is 26.4 Å². The van der Waals surface area contributed by atoms with Crippen LogP contribution in [0.4, 0.5) is 0 Å². The van der Waals surface area contributed by atoms with E-state index in [4.69, 9.17) is 0 Å². The summed E-state index contributed by atoms with van der Waals surface area (Å²) in [5, 5.41) is 7.39. The van der Waals surface area contributed by atoms with Crippen LogP contribution in [0.1, 0.15) is 11.4 Å². The van der Waals surface area contributed by atoms with Crippen LogP contribution in [0, 0.1) is 0 Å². The van der Waals surface area contributed by atoms with E-state index in [0.29, 0.717) is 0 Å². The van der Waals surface area contributed by atoms with Gasteiger partial charge in [0.15, 0.2) is 0 Å². The van der Waals surface area contributed by atoms with E-state index < -0.39 is 0 Å². The van der Waals surface area contributed by atoms with E-state index in [1.807, 2.05) is 0 Å². The van der Waals surface area contributed by atoms with Gasteiger partial charge in [-0.05, 0) is 24.3 Å². The fraction of sp³-hybridized carbons (Fsp3) is 0.273. The van der Waals surface area contributed by atoms with Crippen molar-refractivity contribution in [2.24, 2.45) is 0 Å². The second-order valence-electron chi connectivity index (χ2n) is 8.23. The quantitative estimate of drug-likeness (QED) is 0.638. The van der Waals surface area contributed by atoms with Gasteiger partial charge in [0, 0.05) is 60.5 Å². The van der Waals surface area contributed by atoms with Gasteiger partial charge in [-0.25, -0.2) is 0 Å². The summed E-state index contributed by atoms with van der Waals surface area (Å²) < 4.78 is 0. The van der Waals surface area contributed by atoms with Crippen LogP contribution in [0.2, 0.25) is 0 Å². The average Bonchev–Trinajstić information content (AvgIpc) is 3.45. The van der Waals surface area contributed by atoms with Crippen LogP contribution in [-0.4, -0.2) is 56.2 Å². The lowest BCUT2D eigenvalue weighted by molar-refractivity contribution is 0.0172. The highest BCUT2D eigenvalue weighted by molar-refractivity contribution is 6.04. The molecule has 6 heterocycles. The molecule has 0 radical (unpaired) electrons. The van der Waals surface area contributed by atoms with E-state index in [9.17, 15) is 0 Å². The Morgan fingerprint density at radius 2 is 1.18 bits per heavy atom. The van der Waals surface area contributed by atoms with Crippen molar-refractivity contribution in [3.8, 4) is 0 Å². The van der Waals surface area contributed by atoms with E-state index in [-0.39, 0.29) is 0 Å². The summed E-state index contributed by atoms with van der Waals surface area (Å²) in [6.07, 6.45) is 11.1. The first-order chi connectivity index (χ1) is 13.8. The van der Waals surface area contributed by atoms with Gasteiger partial charge in [-0.2, -0.15) is 0 Å². The molecule has 0 saturated heterocycles. The van der Waals surface area contributed by atoms with Gasteiger partial charge in [-0.1, -0.05) is 12.1 Å². The van der Waals surface area contributed by atoms with Gasteiger partial charge in [-0.15, -0.1) is 0 Å². The lowest BCUT2D eigenvalue weighted by Gasteiger charge is -2.37. The number of benzene rings is 1. The van der Waals surface area contributed by atoms with Crippen LogP contribution in [-0.2, 0) is 12.8 Å². The Balaban J connectivity index is 1.34. The van der Waals surface area contributed by atoms with Crippen LogP contribution < -0.4 is 0 Å². The van der Waals surface area contributed by atoms with Crippen molar-refractivity contribution in [3.63, 3.8) is 0 Å². The first-order valence-electron chi connectivity index (χ1n) is 10.1. The van der Waals surface area contributed by atoms with Crippen molar-refractivity contribution in [1.82, 2.24) is 29.8 Å². The summed E-state index contributed by atoms with van der Waals surface area (Å²) in [7, 11) is 0. The molecule has 6 nitrogen and oxygen atoms in total. The molecule has 3 aromatic rings. The molecular formula is C22H22N6. The van der Waals surface area contributed by atoms with Gasteiger partial charge in [0.05, 0.1) is 22.4 Å². The summed E-state index contributed by atoms with van der Waals surface area (Å²) in [5.41, 5.74) is 7.66. The summed E-state index contributed by atoms with van der Waals surface area (Å²) in [5.74, 6) is 0. The molecule has 0 fully saturated rings. The normalized spacial score (nSPS) is 20.7. The fourth-order valence-corrected chi connectivity index (χ4v) is 4.94. The molecule has 4 aliphatic heterocycles. The molecule has 0 unspecified atom stereocenters. The number of nitrogens with zero attached hydrogens (tertiary/aromatic N) is 4. The van der Waals surface area contributed by atoms with E-state index >= 15 is 0 Å². The molecular weight excluding hydrogens is 348 g/mol. The molecule has 28 heavy (non-hydrogen) atoms. The van der Waals surface area contributed by atoms with E-state index in [1.165, 1.54) is 44.6 Å². The molecule has 2 N–H and O–H groups in total. The van der Waals surface area contributed by atoms with Crippen molar-refractivity contribution in [3.05, 3.63) is 71.6 Å². The molecule has 7 rings (SSSR count). The largest absolute Gasteiger partial charge is 0.357 e. The van der Waals surface area contributed by atoms with E-state index in [2.05, 4.69) is 78.6 Å². The number of allylic oxidation sites excluding steroid dienone is 2. The van der Waals surface area contributed by atoms with Crippen LogP contribution in [0.15, 0.2) is 60.2 Å². The molecule has 4 aliphatic rings. The predicted molar refractivity (Wildman–Crippen MR) is 110 cm³/mol. The van der Waals surface area contributed by atoms with Crippen molar-refractivity contribution >= 4 is 21.8 Å². The van der Waals surface area contributed by atoms with Gasteiger partial charge >= 0.3 is 0 Å².